The summed E-state index contributed by atoms with van der Waals surface area (Å²) >= 11 is 6.12. The zero-order valence-electron chi connectivity index (χ0n) is 14.9. The van der Waals surface area contributed by atoms with Crippen LogP contribution < -0.4 is 0 Å². The molecule has 27 heavy (non-hydrogen) atoms. The van der Waals surface area contributed by atoms with Gasteiger partial charge in [0, 0.05) is 47.7 Å². The molecule has 4 nitrogen and oxygen atoms in total. The second kappa shape index (κ2) is 7.89. The molecule has 0 spiro atoms. The molecule has 0 saturated carbocycles. The Bertz CT molecular complexity index is 945. The molecule has 0 N–H and O–H groups in total. The molecule has 1 aliphatic rings. The van der Waals surface area contributed by atoms with E-state index in [0.717, 1.165) is 36.3 Å². The van der Waals surface area contributed by atoms with E-state index in [9.17, 15) is 4.79 Å². The number of nitrogens with zero attached hydrogens (tertiary/aromatic N) is 3. The van der Waals surface area contributed by atoms with Gasteiger partial charge in [-0.15, -0.1) is 0 Å². The van der Waals surface area contributed by atoms with E-state index in [4.69, 9.17) is 16.6 Å². The zero-order chi connectivity index (χ0) is 18.6. The fraction of sp³-hybridized carbons (Fsp3) is 0.227. The summed E-state index contributed by atoms with van der Waals surface area (Å²) in [5.41, 5.74) is 3.57. The van der Waals surface area contributed by atoms with E-state index in [1.807, 2.05) is 47.4 Å². The van der Waals surface area contributed by atoms with E-state index in [2.05, 4.69) is 11.1 Å². The van der Waals surface area contributed by atoms with Gasteiger partial charge < -0.3 is 4.90 Å². The normalized spacial score (nSPS) is 16.9. The van der Waals surface area contributed by atoms with Gasteiger partial charge in [-0.2, -0.15) is 0 Å². The molecule has 1 aliphatic heterocycles. The van der Waals surface area contributed by atoms with Gasteiger partial charge in [0.2, 0.25) is 0 Å². The van der Waals surface area contributed by atoms with Crippen molar-refractivity contribution < 1.29 is 4.79 Å². The Morgan fingerprint density at radius 3 is 2.81 bits per heavy atom. The maximum Gasteiger partial charge on any atom is 0.255 e. The third-order valence-corrected chi connectivity index (χ3v) is 5.16. The smallest absolute Gasteiger partial charge is 0.255 e. The monoisotopic (exact) mass is 377 g/mol. The van der Waals surface area contributed by atoms with Crippen LogP contribution >= 0.6 is 11.6 Å². The van der Waals surface area contributed by atoms with Crippen molar-refractivity contribution in [2.24, 2.45) is 0 Å². The molecule has 136 valence electrons. The number of carbonyl (C=O) groups is 1. The Morgan fingerprint density at radius 2 is 2.00 bits per heavy atom. The molecule has 1 amide bonds. The summed E-state index contributed by atoms with van der Waals surface area (Å²) in [5.74, 6) is 0.275. The maximum absolute atomic E-state index is 12.8. The first-order chi connectivity index (χ1) is 13.2. The molecule has 1 saturated heterocycles. The van der Waals surface area contributed by atoms with Crippen LogP contribution in [0.25, 0.3) is 11.3 Å². The number of hydrogen-bond donors (Lipinski definition) is 0. The molecule has 1 aromatic carbocycles. The van der Waals surface area contributed by atoms with Gasteiger partial charge in [-0.3, -0.25) is 14.8 Å². The lowest BCUT2D eigenvalue weighted by atomic mass is 9.93. The van der Waals surface area contributed by atoms with Gasteiger partial charge in [0.1, 0.15) is 0 Å². The van der Waals surface area contributed by atoms with Gasteiger partial charge in [-0.05, 0) is 49.2 Å². The molecule has 0 bridgehead atoms. The molecule has 4 rings (SSSR count). The van der Waals surface area contributed by atoms with Crippen molar-refractivity contribution in [2.75, 3.05) is 13.1 Å². The summed E-state index contributed by atoms with van der Waals surface area (Å²) in [7, 11) is 0. The molecule has 1 fully saturated rings. The van der Waals surface area contributed by atoms with Crippen molar-refractivity contribution in [3.05, 3.63) is 83.3 Å². The highest BCUT2D eigenvalue weighted by atomic mass is 35.5. The molecule has 3 heterocycles. The second-order valence-electron chi connectivity index (χ2n) is 6.79. The molecule has 0 radical (unpaired) electrons. The van der Waals surface area contributed by atoms with Crippen LogP contribution in [0.2, 0.25) is 5.02 Å². The minimum Gasteiger partial charge on any atom is -0.338 e. The van der Waals surface area contributed by atoms with E-state index >= 15 is 0 Å². The SMILES string of the molecule is O=C(c1cccnc1)N1CCC[C@H](c2cccc(-c3cccc(Cl)c3)n2)C1. The zero-order valence-corrected chi connectivity index (χ0v) is 15.6. The second-order valence-corrected chi connectivity index (χ2v) is 7.23. The molecule has 3 aromatic rings. The highest BCUT2D eigenvalue weighted by molar-refractivity contribution is 6.30. The molecular weight excluding hydrogens is 358 g/mol. The summed E-state index contributed by atoms with van der Waals surface area (Å²) < 4.78 is 0. The number of likely N-dealkylation sites (tertiary alicyclic amines) is 1. The molecular formula is C22H20ClN3O. The largest absolute Gasteiger partial charge is 0.338 e. The van der Waals surface area contributed by atoms with Gasteiger partial charge in [0.05, 0.1) is 11.3 Å². The Labute approximate surface area is 163 Å². The Hall–Kier alpha value is -2.72. The average Bonchev–Trinajstić information content (AvgIpc) is 2.74. The fourth-order valence-electron chi connectivity index (χ4n) is 3.56. The Kier molecular flexibility index (Phi) is 5.16. The quantitative estimate of drug-likeness (QED) is 0.657. The summed E-state index contributed by atoms with van der Waals surface area (Å²) in [6, 6.07) is 17.4. The van der Waals surface area contributed by atoms with Crippen LogP contribution in [-0.2, 0) is 0 Å². The first-order valence-electron chi connectivity index (χ1n) is 9.13. The molecule has 0 aliphatic carbocycles. The summed E-state index contributed by atoms with van der Waals surface area (Å²) in [4.78, 5) is 23.6. The lowest BCUT2D eigenvalue weighted by Crippen LogP contribution is -2.39. The number of benzene rings is 1. The number of amides is 1. The number of carbonyl (C=O) groups excluding carboxylic acids is 1. The van der Waals surface area contributed by atoms with Gasteiger partial charge in [-0.1, -0.05) is 29.8 Å². The van der Waals surface area contributed by atoms with Crippen LogP contribution in [0.5, 0.6) is 0 Å². The van der Waals surface area contributed by atoms with Crippen molar-refractivity contribution in [3.8, 4) is 11.3 Å². The lowest BCUT2D eigenvalue weighted by Gasteiger charge is -2.32. The summed E-state index contributed by atoms with van der Waals surface area (Å²) in [5, 5.41) is 0.700. The first-order valence-corrected chi connectivity index (χ1v) is 9.51. The van der Waals surface area contributed by atoms with Crippen LogP contribution in [0.4, 0.5) is 0 Å². The number of piperidine rings is 1. The number of halogens is 1. The Balaban J connectivity index is 1.55. The number of aromatic nitrogens is 2. The number of hydrogen-bond acceptors (Lipinski definition) is 3. The van der Waals surface area contributed by atoms with E-state index in [1.54, 1.807) is 18.5 Å². The Morgan fingerprint density at radius 1 is 1.11 bits per heavy atom. The third kappa shape index (κ3) is 4.01. The standard InChI is InChI=1S/C22H20ClN3O/c23-19-8-1-5-16(13-19)20-9-2-10-21(25-20)18-7-4-12-26(15-18)22(27)17-6-3-11-24-14-17/h1-3,5-6,8-11,13-14,18H,4,7,12,15H2/t18-/m0/s1. The van der Waals surface area contributed by atoms with E-state index in [-0.39, 0.29) is 11.8 Å². The highest BCUT2D eigenvalue weighted by Crippen LogP contribution is 2.29. The van der Waals surface area contributed by atoms with Crippen molar-refractivity contribution >= 4 is 17.5 Å². The van der Waals surface area contributed by atoms with Gasteiger partial charge in [0.15, 0.2) is 0 Å². The molecule has 2 aromatic heterocycles. The van der Waals surface area contributed by atoms with Crippen LogP contribution in [-0.4, -0.2) is 33.9 Å². The van der Waals surface area contributed by atoms with Crippen LogP contribution in [0.3, 0.4) is 0 Å². The summed E-state index contributed by atoms with van der Waals surface area (Å²) in [6.45, 7) is 1.46. The van der Waals surface area contributed by atoms with E-state index in [0.29, 0.717) is 17.1 Å². The molecule has 1 atom stereocenters. The van der Waals surface area contributed by atoms with Crippen LogP contribution in [0, 0.1) is 0 Å². The highest BCUT2D eigenvalue weighted by Gasteiger charge is 2.26. The number of rotatable bonds is 3. The minimum absolute atomic E-state index is 0.0406. The first kappa shape index (κ1) is 17.7. The van der Waals surface area contributed by atoms with Crippen molar-refractivity contribution in [1.82, 2.24) is 14.9 Å². The third-order valence-electron chi connectivity index (χ3n) is 4.93. The molecule has 5 heteroatoms. The van der Waals surface area contributed by atoms with Crippen molar-refractivity contribution in [3.63, 3.8) is 0 Å². The van der Waals surface area contributed by atoms with Gasteiger partial charge in [-0.25, -0.2) is 0 Å². The molecule has 0 unspecified atom stereocenters. The van der Waals surface area contributed by atoms with Crippen molar-refractivity contribution in [1.29, 1.82) is 0 Å². The fourth-order valence-corrected chi connectivity index (χ4v) is 3.75. The van der Waals surface area contributed by atoms with Gasteiger partial charge >= 0.3 is 0 Å². The van der Waals surface area contributed by atoms with E-state index in [1.165, 1.54) is 0 Å². The van der Waals surface area contributed by atoms with Gasteiger partial charge in [0.25, 0.3) is 5.91 Å². The average molecular weight is 378 g/mol. The van der Waals surface area contributed by atoms with Crippen LogP contribution in [0.1, 0.15) is 34.8 Å². The summed E-state index contributed by atoms with van der Waals surface area (Å²) in [6.07, 6.45) is 5.31. The topological polar surface area (TPSA) is 46.1 Å². The lowest BCUT2D eigenvalue weighted by molar-refractivity contribution is 0.0705. The predicted octanol–water partition coefficient (Wildman–Crippen LogP) is 4.82. The van der Waals surface area contributed by atoms with Crippen LogP contribution in [0.15, 0.2) is 67.0 Å². The van der Waals surface area contributed by atoms with E-state index < -0.39 is 0 Å². The maximum atomic E-state index is 12.8. The minimum atomic E-state index is 0.0406. The number of pyridine rings is 2. The van der Waals surface area contributed by atoms with Crippen molar-refractivity contribution in [2.45, 2.75) is 18.8 Å². The predicted molar refractivity (Wildman–Crippen MR) is 107 cm³/mol.